The molecular formula is C12H11BrN4O2. The first-order chi connectivity index (χ1) is 8.99. The molecule has 2 aromatic rings. The van der Waals surface area contributed by atoms with E-state index in [1.807, 2.05) is 25.1 Å². The van der Waals surface area contributed by atoms with E-state index in [2.05, 4.69) is 26.2 Å². The number of nitro groups is 1. The monoisotopic (exact) mass is 322 g/mol. The number of nitrogen functional groups attached to an aromatic ring is 1. The van der Waals surface area contributed by atoms with Crippen molar-refractivity contribution in [2.45, 2.75) is 6.92 Å². The topological polar surface area (TPSA) is 94.1 Å². The minimum absolute atomic E-state index is 0.117. The van der Waals surface area contributed by atoms with Gasteiger partial charge in [0.2, 0.25) is 5.82 Å². The van der Waals surface area contributed by atoms with Crippen molar-refractivity contribution < 1.29 is 4.92 Å². The van der Waals surface area contributed by atoms with Crippen LogP contribution in [0.5, 0.6) is 0 Å². The Morgan fingerprint density at radius 3 is 2.79 bits per heavy atom. The maximum atomic E-state index is 11.0. The molecule has 0 aliphatic rings. The number of hydrogen-bond donors (Lipinski definition) is 2. The van der Waals surface area contributed by atoms with E-state index in [4.69, 9.17) is 5.73 Å². The number of nitrogens with zero attached hydrogens (tertiary/aromatic N) is 2. The number of anilines is 3. The highest BCUT2D eigenvalue weighted by Crippen LogP contribution is 2.30. The summed E-state index contributed by atoms with van der Waals surface area (Å²) in [5.41, 5.74) is 7.11. The average molecular weight is 323 g/mol. The summed E-state index contributed by atoms with van der Waals surface area (Å²) >= 11 is 3.40. The maximum absolute atomic E-state index is 11.0. The Balaban J connectivity index is 2.45. The van der Waals surface area contributed by atoms with Crippen LogP contribution >= 0.6 is 15.9 Å². The summed E-state index contributed by atoms with van der Waals surface area (Å²) in [7, 11) is 0. The molecular weight excluding hydrogens is 312 g/mol. The second-order valence-corrected chi connectivity index (χ2v) is 4.75. The molecule has 1 aromatic heterocycles. The molecule has 1 heterocycles. The van der Waals surface area contributed by atoms with Crippen molar-refractivity contribution in [3.8, 4) is 0 Å². The normalized spacial score (nSPS) is 10.2. The third-order valence-electron chi connectivity index (χ3n) is 2.61. The zero-order valence-corrected chi connectivity index (χ0v) is 11.6. The molecule has 0 amide bonds. The number of nitrogens with one attached hydrogen (secondary N) is 1. The number of benzene rings is 1. The van der Waals surface area contributed by atoms with Gasteiger partial charge >= 0.3 is 5.69 Å². The van der Waals surface area contributed by atoms with Crippen LogP contribution < -0.4 is 11.1 Å². The summed E-state index contributed by atoms with van der Waals surface area (Å²) in [4.78, 5) is 14.4. The third-order valence-corrected chi connectivity index (χ3v) is 3.47. The lowest BCUT2D eigenvalue weighted by Crippen LogP contribution is -2.03. The van der Waals surface area contributed by atoms with Crippen LogP contribution in [0.25, 0.3) is 0 Å². The van der Waals surface area contributed by atoms with Crippen LogP contribution in [0.15, 0.2) is 34.8 Å². The summed E-state index contributed by atoms with van der Waals surface area (Å²) in [5, 5.41) is 13.9. The lowest BCUT2D eigenvalue weighted by atomic mass is 10.2. The van der Waals surface area contributed by atoms with Crippen molar-refractivity contribution in [2.75, 3.05) is 11.1 Å². The average Bonchev–Trinajstić information content (AvgIpc) is 2.35. The van der Waals surface area contributed by atoms with Gasteiger partial charge in [-0.3, -0.25) is 10.1 Å². The van der Waals surface area contributed by atoms with Gasteiger partial charge in [-0.15, -0.1) is 0 Å². The van der Waals surface area contributed by atoms with Crippen molar-refractivity contribution >= 4 is 38.9 Å². The molecule has 0 saturated carbocycles. The summed E-state index contributed by atoms with van der Waals surface area (Å²) in [6, 6.07) is 8.27. The largest absolute Gasteiger partial charge is 0.384 e. The van der Waals surface area contributed by atoms with Gasteiger partial charge in [-0.1, -0.05) is 22.0 Å². The number of nitrogens with two attached hydrogens (primary N) is 1. The zero-order chi connectivity index (χ0) is 14.0. The van der Waals surface area contributed by atoms with Gasteiger partial charge in [0.25, 0.3) is 0 Å². The van der Waals surface area contributed by atoms with Crippen LogP contribution in [0.4, 0.5) is 23.0 Å². The van der Waals surface area contributed by atoms with Crippen LogP contribution in [0, 0.1) is 17.0 Å². The first-order valence-electron chi connectivity index (χ1n) is 5.42. The molecule has 3 N–H and O–H groups in total. The molecule has 1 aromatic carbocycles. The van der Waals surface area contributed by atoms with Gasteiger partial charge in [0, 0.05) is 16.2 Å². The predicted molar refractivity (Wildman–Crippen MR) is 77.5 cm³/mol. The Bertz CT molecular complexity index is 646. The molecule has 0 fully saturated rings. The molecule has 0 unspecified atom stereocenters. The first-order valence-corrected chi connectivity index (χ1v) is 6.21. The highest BCUT2D eigenvalue weighted by Gasteiger charge is 2.16. The highest BCUT2D eigenvalue weighted by molar-refractivity contribution is 9.10. The minimum Gasteiger partial charge on any atom is -0.384 e. The van der Waals surface area contributed by atoms with Gasteiger partial charge in [-0.05, 0) is 30.7 Å². The molecule has 0 saturated heterocycles. The fourth-order valence-electron chi connectivity index (χ4n) is 1.58. The van der Waals surface area contributed by atoms with E-state index in [-0.39, 0.29) is 17.3 Å². The Morgan fingerprint density at radius 1 is 1.37 bits per heavy atom. The van der Waals surface area contributed by atoms with E-state index in [1.54, 1.807) is 0 Å². The van der Waals surface area contributed by atoms with Crippen molar-refractivity contribution in [3.63, 3.8) is 0 Å². The number of rotatable bonds is 3. The molecule has 0 aliphatic heterocycles. The van der Waals surface area contributed by atoms with Crippen molar-refractivity contribution in [2.24, 2.45) is 0 Å². The van der Waals surface area contributed by atoms with Gasteiger partial charge in [-0.2, -0.15) is 0 Å². The summed E-state index contributed by atoms with van der Waals surface area (Å²) in [6.45, 7) is 1.89. The molecule has 7 heteroatoms. The SMILES string of the molecule is Cc1c(Br)cccc1Nc1nc(N)ccc1[N+](=O)[O-]. The van der Waals surface area contributed by atoms with E-state index in [0.29, 0.717) is 0 Å². The van der Waals surface area contributed by atoms with E-state index >= 15 is 0 Å². The summed E-state index contributed by atoms with van der Waals surface area (Å²) in [6.07, 6.45) is 0. The maximum Gasteiger partial charge on any atom is 0.311 e. The molecule has 0 bridgehead atoms. The lowest BCUT2D eigenvalue weighted by Gasteiger charge is -2.10. The van der Waals surface area contributed by atoms with E-state index in [9.17, 15) is 10.1 Å². The van der Waals surface area contributed by atoms with E-state index in [0.717, 1.165) is 15.7 Å². The molecule has 0 atom stereocenters. The fourth-order valence-corrected chi connectivity index (χ4v) is 1.94. The van der Waals surface area contributed by atoms with Crippen LogP contribution in [-0.2, 0) is 0 Å². The van der Waals surface area contributed by atoms with Gasteiger partial charge in [0.05, 0.1) is 4.92 Å². The number of pyridine rings is 1. The smallest absolute Gasteiger partial charge is 0.311 e. The van der Waals surface area contributed by atoms with Crippen LogP contribution in [0.1, 0.15) is 5.56 Å². The van der Waals surface area contributed by atoms with Gasteiger partial charge in [-0.25, -0.2) is 4.98 Å². The molecule has 98 valence electrons. The van der Waals surface area contributed by atoms with Gasteiger partial charge in [0.15, 0.2) is 0 Å². The van der Waals surface area contributed by atoms with E-state index in [1.165, 1.54) is 12.1 Å². The van der Waals surface area contributed by atoms with Crippen molar-refractivity contribution in [3.05, 3.63) is 50.5 Å². The Kier molecular flexibility index (Phi) is 3.66. The van der Waals surface area contributed by atoms with Gasteiger partial charge in [0.1, 0.15) is 5.82 Å². The van der Waals surface area contributed by atoms with Crippen LogP contribution in [-0.4, -0.2) is 9.91 Å². The molecule has 6 nitrogen and oxygen atoms in total. The Labute approximate surface area is 117 Å². The Hall–Kier alpha value is -2.15. The van der Waals surface area contributed by atoms with Crippen molar-refractivity contribution in [1.82, 2.24) is 4.98 Å². The predicted octanol–water partition coefficient (Wildman–Crippen LogP) is 3.39. The molecule has 19 heavy (non-hydrogen) atoms. The number of halogens is 1. The number of aromatic nitrogens is 1. The fraction of sp³-hybridized carbons (Fsp3) is 0.0833. The molecule has 2 rings (SSSR count). The van der Waals surface area contributed by atoms with Crippen LogP contribution in [0.3, 0.4) is 0 Å². The highest BCUT2D eigenvalue weighted by atomic mass is 79.9. The second kappa shape index (κ2) is 5.23. The third kappa shape index (κ3) is 2.82. The van der Waals surface area contributed by atoms with E-state index < -0.39 is 4.92 Å². The second-order valence-electron chi connectivity index (χ2n) is 3.90. The number of hydrogen-bond acceptors (Lipinski definition) is 5. The summed E-state index contributed by atoms with van der Waals surface area (Å²) < 4.78 is 0.907. The quantitative estimate of drug-likeness (QED) is 0.667. The standard InChI is InChI=1S/C12H11BrN4O2/c1-7-8(13)3-2-4-9(7)15-12-10(17(18)19)5-6-11(14)16-12/h2-6H,1H3,(H3,14,15,16). The van der Waals surface area contributed by atoms with Crippen LogP contribution in [0.2, 0.25) is 0 Å². The molecule has 0 aliphatic carbocycles. The van der Waals surface area contributed by atoms with Gasteiger partial charge < -0.3 is 11.1 Å². The Morgan fingerprint density at radius 2 is 2.11 bits per heavy atom. The minimum atomic E-state index is -0.498. The zero-order valence-electron chi connectivity index (χ0n) is 10.1. The summed E-state index contributed by atoms with van der Waals surface area (Å²) in [5.74, 6) is 0.354. The first kappa shape index (κ1) is 13.3. The molecule has 0 spiro atoms. The van der Waals surface area contributed by atoms with Crippen molar-refractivity contribution in [1.29, 1.82) is 0 Å². The molecule has 0 radical (unpaired) electrons. The lowest BCUT2D eigenvalue weighted by molar-refractivity contribution is -0.384.